The average Bonchev–Trinajstić information content (AvgIpc) is 2.51. The summed E-state index contributed by atoms with van der Waals surface area (Å²) in [4.78, 5) is 18.0. The largest absolute Gasteiger partial charge is 0.485 e. The Morgan fingerprint density at radius 2 is 2.09 bits per heavy atom. The lowest BCUT2D eigenvalue weighted by Gasteiger charge is -2.39. The van der Waals surface area contributed by atoms with Crippen LogP contribution in [0.25, 0.3) is 0 Å². The second-order valence-corrected chi connectivity index (χ2v) is 5.37. The first kappa shape index (κ1) is 14.7. The number of amides is 1. The van der Waals surface area contributed by atoms with E-state index < -0.39 is 0 Å². The van der Waals surface area contributed by atoms with E-state index in [0.29, 0.717) is 35.3 Å². The number of halogens is 1. The van der Waals surface area contributed by atoms with Crippen molar-refractivity contribution >= 4 is 17.5 Å². The predicted molar refractivity (Wildman–Crippen MR) is 82.6 cm³/mol. The molecule has 1 aliphatic rings. The first-order valence-electron chi connectivity index (χ1n) is 6.88. The van der Waals surface area contributed by atoms with Crippen LogP contribution in [0.2, 0.25) is 5.02 Å². The van der Waals surface area contributed by atoms with Gasteiger partial charge in [-0.1, -0.05) is 23.7 Å². The molecule has 0 unspecified atom stereocenters. The van der Waals surface area contributed by atoms with Gasteiger partial charge < -0.3 is 14.4 Å². The van der Waals surface area contributed by atoms with Crippen molar-refractivity contribution in [2.75, 3.05) is 20.2 Å². The van der Waals surface area contributed by atoms with Crippen LogP contribution >= 0.6 is 11.6 Å². The summed E-state index contributed by atoms with van der Waals surface area (Å²) in [6.45, 7) is 1.07. The fraction of sp³-hybridized carbons (Fsp3) is 0.250. The number of likely N-dealkylation sites (tertiary alicyclic amines) is 1. The van der Waals surface area contributed by atoms with Crippen molar-refractivity contribution in [1.29, 1.82) is 0 Å². The lowest BCUT2D eigenvalue weighted by molar-refractivity contribution is 0.0178. The number of benzene rings is 1. The van der Waals surface area contributed by atoms with Crippen LogP contribution in [-0.4, -0.2) is 42.1 Å². The molecule has 5 nitrogen and oxygen atoms in total. The summed E-state index contributed by atoms with van der Waals surface area (Å²) in [5, 5.41) is 0.575. The van der Waals surface area contributed by atoms with Gasteiger partial charge in [0.1, 0.15) is 11.9 Å². The first-order valence-corrected chi connectivity index (χ1v) is 7.25. The van der Waals surface area contributed by atoms with E-state index in [1.165, 1.54) is 7.11 Å². The Morgan fingerprint density at radius 1 is 1.32 bits per heavy atom. The van der Waals surface area contributed by atoms with Crippen molar-refractivity contribution in [3.05, 3.63) is 53.2 Å². The summed E-state index contributed by atoms with van der Waals surface area (Å²) in [5.74, 6) is 1.02. The number of methoxy groups -OCH3 is 1. The van der Waals surface area contributed by atoms with Gasteiger partial charge in [-0.05, 0) is 18.2 Å². The number of ether oxygens (including phenoxy) is 2. The van der Waals surface area contributed by atoms with Crippen LogP contribution in [0.4, 0.5) is 0 Å². The lowest BCUT2D eigenvalue weighted by Crippen LogP contribution is -2.56. The maximum Gasteiger partial charge on any atom is 0.254 e. The number of hydrogen-bond acceptors (Lipinski definition) is 4. The Bertz CT molecular complexity index is 687. The van der Waals surface area contributed by atoms with Crippen molar-refractivity contribution in [3.63, 3.8) is 0 Å². The zero-order valence-electron chi connectivity index (χ0n) is 12.0. The number of pyridine rings is 1. The van der Waals surface area contributed by atoms with Crippen LogP contribution in [0, 0.1) is 0 Å². The molecule has 0 bridgehead atoms. The van der Waals surface area contributed by atoms with Gasteiger partial charge >= 0.3 is 0 Å². The van der Waals surface area contributed by atoms with Crippen LogP contribution in [0.15, 0.2) is 42.6 Å². The second-order valence-electron chi connectivity index (χ2n) is 4.97. The van der Waals surface area contributed by atoms with E-state index in [1.54, 1.807) is 29.3 Å². The number of para-hydroxylation sites is 1. The summed E-state index contributed by atoms with van der Waals surface area (Å²) in [7, 11) is 1.52. The van der Waals surface area contributed by atoms with Crippen molar-refractivity contribution < 1.29 is 14.3 Å². The molecule has 0 saturated carbocycles. The molecule has 0 radical (unpaired) electrons. The van der Waals surface area contributed by atoms with E-state index in [0.717, 1.165) is 0 Å². The minimum absolute atomic E-state index is 0.0346. The first-order chi connectivity index (χ1) is 10.7. The molecule has 0 atom stereocenters. The molecule has 2 heterocycles. The van der Waals surface area contributed by atoms with Gasteiger partial charge in [0.25, 0.3) is 5.91 Å². The fourth-order valence-electron chi connectivity index (χ4n) is 2.24. The van der Waals surface area contributed by atoms with Crippen LogP contribution in [0.1, 0.15) is 10.4 Å². The molecule has 114 valence electrons. The Morgan fingerprint density at radius 3 is 2.82 bits per heavy atom. The third-order valence-corrected chi connectivity index (χ3v) is 3.77. The number of aromatic nitrogens is 1. The number of rotatable bonds is 4. The van der Waals surface area contributed by atoms with E-state index in [9.17, 15) is 4.79 Å². The van der Waals surface area contributed by atoms with Gasteiger partial charge in [0.2, 0.25) is 5.88 Å². The predicted octanol–water partition coefficient (Wildman–Crippen LogP) is 2.65. The smallest absolute Gasteiger partial charge is 0.254 e. The highest BCUT2D eigenvalue weighted by Crippen LogP contribution is 2.27. The molecule has 1 fully saturated rings. The molecule has 3 rings (SSSR count). The topological polar surface area (TPSA) is 51.7 Å². The SMILES string of the molecule is COc1cc(C(=O)N2CC(Oc3ccccc3Cl)C2)ccn1. The summed E-state index contributed by atoms with van der Waals surface area (Å²) in [5.41, 5.74) is 0.558. The van der Waals surface area contributed by atoms with E-state index in [1.807, 2.05) is 18.2 Å². The number of carbonyl (C=O) groups is 1. The second kappa shape index (κ2) is 6.23. The van der Waals surface area contributed by atoms with Gasteiger partial charge in [0.15, 0.2) is 0 Å². The quantitative estimate of drug-likeness (QED) is 0.869. The molecular formula is C16H15ClN2O3. The average molecular weight is 319 g/mol. The molecule has 0 aliphatic carbocycles. The monoisotopic (exact) mass is 318 g/mol. The van der Waals surface area contributed by atoms with Gasteiger partial charge in [-0.25, -0.2) is 4.98 Å². The third-order valence-electron chi connectivity index (χ3n) is 3.46. The van der Waals surface area contributed by atoms with Crippen LogP contribution in [0.3, 0.4) is 0 Å². The van der Waals surface area contributed by atoms with Gasteiger partial charge in [-0.2, -0.15) is 0 Å². The number of carbonyl (C=O) groups excluding carboxylic acids is 1. The molecule has 2 aromatic rings. The maximum absolute atomic E-state index is 12.3. The van der Waals surface area contributed by atoms with E-state index in [-0.39, 0.29) is 12.0 Å². The molecule has 0 N–H and O–H groups in total. The molecule has 6 heteroatoms. The standard InChI is InChI=1S/C16H15ClN2O3/c1-21-15-8-11(6-7-18-15)16(20)19-9-12(10-19)22-14-5-3-2-4-13(14)17/h2-8,12H,9-10H2,1H3. The Kier molecular flexibility index (Phi) is 4.15. The van der Waals surface area contributed by atoms with Crippen molar-refractivity contribution in [2.24, 2.45) is 0 Å². The van der Waals surface area contributed by atoms with Gasteiger partial charge in [-0.15, -0.1) is 0 Å². The molecule has 1 saturated heterocycles. The fourth-order valence-corrected chi connectivity index (χ4v) is 2.42. The molecule has 1 aromatic carbocycles. The van der Waals surface area contributed by atoms with Crippen LogP contribution in [-0.2, 0) is 0 Å². The molecular weight excluding hydrogens is 304 g/mol. The minimum atomic E-state index is -0.0558. The van der Waals surface area contributed by atoms with Gasteiger partial charge in [-0.3, -0.25) is 4.79 Å². The zero-order valence-corrected chi connectivity index (χ0v) is 12.8. The molecule has 1 aliphatic heterocycles. The Balaban J connectivity index is 1.59. The van der Waals surface area contributed by atoms with Crippen molar-refractivity contribution in [3.8, 4) is 11.6 Å². The lowest BCUT2D eigenvalue weighted by atomic mass is 10.1. The molecule has 1 amide bonds. The molecule has 1 aromatic heterocycles. The van der Waals surface area contributed by atoms with E-state index >= 15 is 0 Å². The minimum Gasteiger partial charge on any atom is -0.485 e. The Labute approximate surface area is 133 Å². The van der Waals surface area contributed by atoms with Crippen LogP contribution < -0.4 is 9.47 Å². The molecule has 0 spiro atoms. The number of nitrogens with zero attached hydrogens (tertiary/aromatic N) is 2. The van der Waals surface area contributed by atoms with E-state index in [2.05, 4.69) is 4.98 Å². The highest BCUT2D eigenvalue weighted by molar-refractivity contribution is 6.32. The summed E-state index contributed by atoms with van der Waals surface area (Å²) in [6, 6.07) is 10.6. The maximum atomic E-state index is 12.3. The Hall–Kier alpha value is -2.27. The highest BCUT2D eigenvalue weighted by Gasteiger charge is 2.33. The summed E-state index contributed by atoms with van der Waals surface area (Å²) < 4.78 is 10.8. The van der Waals surface area contributed by atoms with Crippen molar-refractivity contribution in [2.45, 2.75) is 6.10 Å². The normalized spacial score (nSPS) is 14.4. The van der Waals surface area contributed by atoms with Crippen LogP contribution in [0.5, 0.6) is 11.6 Å². The van der Waals surface area contributed by atoms with Gasteiger partial charge in [0, 0.05) is 17.8 Å². The summed E-state index contributed by atoms with van der Waals surface area (Å²) >= 11 is 6.05. The highest BCUT2D eigenvalue weighted by atomic mass is 35.5. The van der Waals surface area contributed by atoms with E-state index in [4.69, 9.17) is 21.1 Å². The zero-order chi connectivity index (χ0) is 15.5. The van der Waals surface area contributed by atoms with Crippen molar-refractivity contribution in [1.82, 2.24) is 9.88 Å². The summed E-state index contributed by atoms with van der Waals surface area (Å²) in [6.07, 6.45) is 1.52. The van der Waals surface area contributed by atoms with Gasteiger partial charge in [0.05, 0.1) is 25.2 Å². The number of hydrogen-bond donors (Lipinski definition) is 0. The molecule has 22 heavy (non-hydrogen) atoms. The third kappa shape index (κ3) is 2.99.